The Balaban J connectivity index is 0. The van der Waals surface area contributed by atoms with Crippen LogP contribution in [0, 0.1) is 0 Å². The number of alkyl halides is 3. The number of halogens is 3. The van der Waals surface area contributed by atoms with E-state index in [2.05, 4.69) is 20.1 Å². The lowest BCUT2D eigenvalue weighted by atomic mass is 10.3. The molecule has 2 amide bonds. The quantitative estimate of drug-likeness (QED) is 0.112. The van der Waals surface area contributed by atoms with Gasteiger partial charge in [0.15, 0.2) is 0 Å². The number of amides is 2. The summed E-state index contributed by atoms with van der Waals surface area (Å²) in [6.07, 6.45) is -5.08. The normalized spacial score (nSPS) is 12.3. The molecule has 17 heteroatoms. The number of carbonyl (C=O) groups is 5. The zero-order chi connectivity index (χ0) is 26.0. The summed E-state index contributed by atoms with van der Waals surface area (Å²) in [4.78, 5) is 53.3. The molecule has 0 aromatic heterocycles. The topological polar surface area (TPSA) is 200 Å². The lowest BCUT2D eigenvalue weighted by Crippen LogP contribution is -2.44. The van der Waals surface area contributed by atoms with Crippen LogP contribution in [0.15, 0.2) is 0 Å². The molecule has 0 aliphatic heterocycles. The van der Waals surface area contributed by atoms with Gasteiger partial charge in [-0.15, -0.1) is 0 Å². The Morgan fingerprint density at radius 2 is 1.15 bits per heavy atom. The standard InChI is InChI=1S/C14H26N4O6S2.C2HF3O2/c1-9(19)23-7-11(15)13(21)17-3-5-25-26-6-4-18-14(22)12(16)8-24-10(2)20;3-2(4,5)1(6)7/h11-12H,3-8,15-16H2,1-2H3,(H,17,21)(H,18,22);(H,6,7)/t11-,12-;/m0./s1. The molecule has 0 unspecified atom stereocenters. The van der Waals surface area contributed by atoms with E-state index < -0.39 is 36.2 Å². The number of rotatable bonds is 13. The molecule has 0 aromatic carbocycles. The molecule has 0 rings (SSSR count). The maximum absolute atomic E-state index is 11.6. The lowest BCUT2D eigenvalue weighted by molar-refractivity contribution is -0.192. The molecule has 0 radical (unpaired) electrons. The van der Waals surface area contributed by atoms with E-state index in [4.69, 9.17) is 21.4 Å². The number of hydrogen-bond donors (Lipinski definition) is 5. The fraction of sp³-hybridized carbons (Fsp3) is 0.688. The molecule has 0 saturated carbocycles. The average molecular weight is 525 g/mol. The summed E-state index contributed by atoms with van der Waals surface area (Å²) in [5, 5.41) is 12.4. The number of esters is 2. The van der Waals surface area contributed by atoms with Gasteiger partial charge in [0.05, 0.1) is 0 Å². The van der Waals surface area contributed by atoms with Gasteiger partial charge in [0.1, 0.15) is 25.3 Å². The second-order valence-electron chi connectivity index (χ2n) is 5.85. The van der Waals surface area contributed by atoms with E-state index in [0.717, 1.165) is 0 Å². The van der Waals surface area contributed by atoms with Crippen molar-refractivity contribution in [2.24, 2.45) is 11.5 Å². The second-order valence-corrected chi connectivity index (χ2v) is 8.55. The van der Waals surface area contributed by atoms with Crippen LogP contribution in [0.2, 0.25) is 0 Å². The zero-order valence-electron chi connectivity index (χ0n) is 17.8. The van der Waals surface area contributed by atoms with Gasteiger partial charge in [-0.25, -0.2) is 4.79 Å². The molecular formula is C16H27F3N4O8S2. The molecule has 0 fully saturated rings. The Kier molecular flexibility index (Phi) is 18.2. The van der Waals surface area contributed by atoms with E-state index in [0.29, 0.717) is 24.6 Å². The Labute approximate surface area is 195 Å². The van der Waals surface area contributed by atoms with Crippen molar-refractivity contribution in [3.8, 4) is 0 Å². The molecule has 0 bridgehead atoms. The van der Waals surface area contributed by atoms with Crippen molar-refractivity contribution in [1.29, 1.82) is 0 Å². The molecular weight excluding hydrogens is 497 g/mol. The van der Waals surface area contributed by atoms with Crippen molar-refractivity contribution in [3.05, 3.63) is 0 Å². The molecule has 192 valence electrons. The molecule has 0 aliphatic rings. The van der Waals surface area contributed by atoms with Crippen LogP contribution >= 0.6 is 21.6 Å². The first-order valence-electron chi connectivity index (χ1n) is 9.06. The highest BCUT2D eigenvalue weighted by Crippen LogP contribution is 2.19. The van der Waals surface area contributed by atoms with Gasteiger partial charge in [0.25, 0.3) is 0 Å². The van der Waals surface area contributed by atoms with Crippen LogP contribution in [0.3, 0.4) is 0 Å². The molecule has 0 aromatic rings. The molecule has 7 N–H and O–H groups in total. The largest absolute Gasteiger partial charge is 0.490 e. The number of ether oxygens (including phenoxy) is 2. The minimum Gasteiger partial charge on any atom is -0.475 e. The number of nitrogens with two attached hydrogens (primary N) is 2. The number of nitrogens with one attached hydrogen (secondary N) is 2. The molecule has 0 aliphatic carbocycles. The van der Waals surface area contributed by atoms with Crippen LogP contribution in [0.1, 0.15) is 13.8 Å². The van der Waals surface area contributed by atoms with Crippen LogP contribution < -0.4 is 22.1 Å². The van der Waals surface area contributed by atoms with Gasteiger partial charge in [-0.2, -0.15) is 13.2 Å². The van der Waals surface area contributed by atoms with E-state index in [1.807, 2.05) is 0 Å². The first kappa shape index (κ1) is 32.9. The molecule has 2 atom stereocenters. The monoisotopic (exact) mass is 524 g/mol. The summed E-state index contributed by atoms with van der Waals surface area (Å²) in [6.45, 7) is 3.03. The zero-order valence-corrected chi connectivity index (χ0v) is 19.4. The predicted molar refractivity (Wildman–Crippen MR) is 114 cm³/mol. The minimum absolute atomic E-state index is 0.150. The fourth-order valence-electron chi connectivity index (χ4n) is 1.38. The van der Waals surface area contributed by atoms with Crippen molar-refractivity contribution in [3.63, 3.8) is 0 Å². The van der Waals surface area contributed by atoms with Gasteiger partial charge in [0, 0.05) is 38.4 Å². The van der Waals surface area contributed by atoms with Crippen LogP contribution in [0.5, 0.6) is 0 Å². The summed E-state index contributed by atoms with van der Waals surface area (Å²) in [5.41, 5.74) is 11.1. The minimum atomic E-state index is -5.08. The Hall–Kier alpha value is -2.24. The molecule has 0 saturated heterocycles. The van der Waals surface area contributed by atoms with Crippen molar-refractivity contribution in [2.45, 2.75) is 32.1 Å². The highest BCUT2D eigenvalue weighted by Gasteiger charge is 2.38. The third-order valence-electron chi connectivity index (χ3n) is 2.90. The SMILES string of the molecule is CC(=O)OC[C@H](N)C(=O)NCCSSCCNC(=O)[C@@H](N)COC(C)=O.O=C(O)C(F)(F)F. The lowest BCUT2D eigenvalue weighted by Gasteiger charge is -2.12. The van der Waals surface area contributed by atoms with E-state index >= 15 is 0 Å². The van der Waals surface area contributed by atoms with Crippen molar-refractivity contribution < 1.29 is 51.7 Å². The number of carboxylic acid groups (broad SMARTS) is 1. The molecule has 12 nitrogen and oxygen atoms in total. The third-order valence-corrected chi connectivity index (χ3v) is 5.31. The van der Waals surface area contributed by atoms with Crippen LogP contribution in [-0.4, -0.2) is 90.9 Å². The number of aliphatic carboxylic acids is 1. The summed E-state index contributed by atoms with van der Waals surface area (Å²) in [7, 11) is 3.05. The molecule has 0 spiro atoms. The fourth-order valence-corrected chi connectivity index (χ4v) is 3.19. The first-order valence-corrected chi connectivity index (χ1v) is 11.5. The van der Waals surface area contributed by atoms with E-state index in [9.17, 15) is 32.3 Å². The predicted octanol–water partition coefficient (Wildman–Crippen LogP) is -0.986. The Morgan fingerprint density at radius 1 is 0.848 bits per heavy atom. The van der Waals surface area contributed by atoms with Gasteiger partial charge >= 0.3 is 24.1 Å². The third kappa shape index (κ3) is 21.4. The van der Waals surface area contributed by atoms with Gasteiger partial charge in [-0.3, -0.25) is 19.2 Å². The van der Waals surface area contributed by atoms with Gasteiger partial charge in [-0.05, 0) is 0 Å². The van der Waals surface area contributed by atoms with Crippen molar-refractivity contribution >= 4 is 51.3 Å². The highest BCUT2D eigenvalue weighted by molar-refractivity contribution is 8.76. The average Bonchev–Trinajstić information content (AvgIpc) is 2.71. The smallest absolute Gasteiger partial charge is 0.475 e. The maximum atomic E-state index is 11.6. The van der Waals surface area contributed by atoms with Crippen LogP contribution in [0.25, 0.3) is 0 Å². The van der Waals surface area contributed by atoms with E-state index in [-0.39, 0.29) is 25.0 Å². The van der Waals surface area contributed by atoms with Crippen molar-refractivity contribution in [1.82, 2.24) is 10.6 Å². The summed E-state index contributed by atoms with van der Waals surface area (Å²) < 4.78 is 41.1. The molecule has 0 heterocycles. The van der Waals surface area contributed by atoms with Crippen LogP contribution in [0.4, 0.5) is 13.2 Å². The number of hydrogen-bond acceptors (Lipinski definition) is 11. The molecule has 33 heavy (non-hydrogen) atoms. The maximum Gasteiger partial charge on any atom is 0.490 e. The van der Waals surface area contributed by atoms with Gasteiger partial charge in [-0.1, -0.05) is 21.6 Å². The summed E-state index contributed by atoms with van der Waals surface area (Å²) in [6, 6.07) is -1.77. The van der Waals surface area contributed by atoms with Gasteiger partial charge in [0.2, 0.25) is 11.8 Å². The summed E-state index contributed by atoms with van der Waals surface area (Å²) in [5.74, 6) is -3.20. The van der Waals surface area contributed by atoms with Crippen molar-refractivity contribution in [2.75, 3.05) is 37.8 Å². The summed E-state index contributed by atoms with van der Waals surface area (Å²) >= 11 is 0. The van der Waals surface area contributed by atoms with E-state index in [1.165, 1.54) is 35.4 Å². The Bertz CT molecular complexity index is 614. The Morgan fingerprint density at radius 3 is 1.39 bits per heavy atom. The van der Waals surface area contributed by atoms with Gasteiger partial charge < -0.3 is 36.7 Å². The second kappa shape index (κ2) is 18.2. The first-order chi connectivity index (χ1) is 15.2. The van der Waals surface area contributed by atoms with Crippen LogP contribution in [-0.2, 0) is 33.4 Å². The number of carbonyl (C=O) groups excluding carboxylic acids is 4. The van der Waals surface area contributed by atoms with E-state index in [1.54, 1.807) is 0 Å². The highest BCUT2D eigenvalue weighted by atomic mass is 33.1. The number of carboxylic acids is 1.